The number of halogens is 1. The second kappa shape index (κ2) is 7.26. The molecule has 2 saturated heterocycles. The van der Waals surface area contributed by atoms with Crippen molar-refractivity contribution in [3.63, 3.8) is 0 Å². The van der Waals surface area contributed by atoms with Gasteiger partial charge in [0.1, 0.15) is 11.0 Å². The van der Waals surface area contributed by atoms with E-state index in [1.165, 1.54) is 0 Å². The molecule has 128 valence electrons. The first-order chi connectivity index (χ1) is 11.8. The van der Waals surface area contributed by atoms with E-state index < -0.39 is 0 Å². The van der Waals surface area contributed by atoms with Crippen LogP contribution < -0.4 is 4.90 Å². The minimum absolute atomic E-state index is 0.359. The predicted molar refractivity (Wildman–Crippen MR) is 96.9 cm³/mol. The van der Waals surface area contributed by atoms with E-state index in [2.05, 4.69) is 22.0 Å². The van der Waals surface area contributed by atoms with Crippen LogP contribution in [0.2, 0.25) is 5.15 Å². The molecule has 0 amide bonds. The Balaban J connectivity index is 1.37. The molecule has 0 radical (unpaired) electrons. The second-order valence-electron chi connectivity index (χ2n) is 6.74. The maximum atomic E-state index is 6.36. The van der Waals surface area contributed by atoms with Crippen molar-refractivity contribution in [3.05, 3.63) is 35.5 Å². The highest BCUT2D eigenvalue weighted by molar-refractivity contribution is 6.34. The number of anilines is 1. The fourth-order valence-corrected chi connectivity index (χ4v) is 3.80. The van der Waals surface area contributed by atoms with E-state index in [1.807, 2.05) is 18.2 Å². The molecule has 3 heterocycles. The summed E-state index contributed by atoms with van der Waals surface area (Å²) in [6.07, 6.45) is 3.58. The summed E-state index contributed by atoms with van der Waals surface area (Å²) < 4.78 is 11.5. The highest BCUT2D eigenvalue weighted by atomic mass is 35.5. The van der Waals surface area contributed by atoms with E-state index in [9.17, 15) is 0 Å². The molecule has 0 aliphatic carbocycles. The number of aromatic nitrogens is 1. The summed E-state index contributed by atoms with van der Waals surface area (Å²) in [4.78, 5) is 6.91. The zero-order valence-electron chi connectivity index (χ0n) is 13.8. The van der Waals surface area contributed by atoms with Crippen LogP contribution in [-0.4, -0.2) is 44.0 Å². The zero-order valence-corrected chi connectivity index (χ0v) is 14.5. The first-order valence-corrected chi connectivity index (χ1v) is 9.17. The number of ether oxygens (including phenoxy) is 2. The molecule has 0 bridgehead atoms. The van der Waals surface area contributed by atoms with Gasteiger partial charge in [0.15, 0.2) is 0 Å². The van der Waals surface area contributed by atoms with Gasteiger partial charge in [0.25, 0.3) is 0 Å². The zero-order chi connectivity index (χ0) is 16.4. The number of pyridine rings is 1. The van der Waals surface area contributed by atoms with Crippen molar-refractivity contribution >= 4 is 28.2 Å². The highest BCUT2D eigenvalue weighted by Crippen LogP contribution is 2.28. The van der Waals surface area contributed by atoms with Crippen LogP contribution in [0.4, 0.5) is 5.82 Å². The molecule has 1 aromatic heterocycles. The number of rotatable bonds is 4. The minimum Gasteiger partial charge on any atom is -0.381 e. The largest absolute Gasteiger partial charge is 0.381 e. The smallest absolute Gasteiger partial charge is 0.139 e. The van der Waals surface area contributed by atoms with Crippen LogP contribution in [0.1, 0.15) is 19.3 Å². The first-order valence-electron chi connectivity index (χ1n) is 8.79. The van der Waals surface area contributed by atoms with Crippen LogP contribution in [0.15, 0.2) is 30.3 Å². The summed E-state index contributed by atoms with van der Waals surface area (Å²) in [7, 11) is 0. The fraction of sp³-hybridized carbons (Fsp3) is 0.526. The fourth-order valence-electron chi connectivity index (χ4n) is 3.54. The van der Waals surface area contributed by atoms with Crippen LogP contribution in [0.25, 0.3) is 10.8 Å². The SMILES string of the molecule is Clc1nc(N2CCC(OCC3CCOC3)CC2)cc2ccccc12. The molecule has 0 saturated carbocycles. The van der Waals surface area contributed by atoms with Gasteiger partial charge < -0.3 is 14.4 Å². The van der Waals surface area contributed by atoms with Crippen LogP contribution >= 0.6 is 11.6 Å². The lowest BCUT2D eigenvalue weighted by Crippen LogP contribution is -2.38. The summed E-state index contributed by atoms with van der Waals surface area (Å²) >= 11 is 6.36. The van der Waals surface area contributed by atoms with Gasteiger partial charge in [-0.3, -0.25) is 0 Å². The lowest BCUT2D eigenvalue weighted by Gasteiger charge is -2.33. The van der Waals surface area contributed by atoms with Crippen LogP contribution in [-0.2, 0) is 9.47 Å². The summed E-state index contributed by atoms with van der Waals surface area (Å²) in [5.74, 6) is 1.56. The number of hydrogen-bond donors (Lipinski definition) is 0. The van der Waals surface area contributed by atoms with E-state index in [0.29, 0.717) is 17.2 Å². The van der Waals surface area contributed by atoms with Crippen molar-refractivity contribution < 1.29 is 9.47 Å². The van der Waals surface area contributed by atoms with Crippen molar-refractivity contribution in [1.29, 1.82) is 0 Å². The molecule has 4 nitrogen and oxygen atoms in total. The number of benzene rings is 1. The normalized spacial score (nSPS) is 22.4. The van der Waals surface area contributed by atoms with Gasteiger partial charge >= 0.3 is 0 Å². The third-order valence-electron chi connectivity index (χ3n) is 5.04. The average Bonchev–Trinajstić information content (AvgIpc) is 3.14. The number of nitrogens with zero attached hydrogens (tertiary/aromatic N) is 2. The number of fused-ring (bicyclic) bond motifs is 1. The highest BCUT2D eigenvalue weighted by Gasteiger charge is 2.23. The first kappa shape index (κ1) is 16.1. The summed E-state index contributed by atoms with van der Waals surface area (Å²) in [6, 6.07) is 10.3. The molecule has 2 aliphatic heterocycles. The van der Waals surface area contributed by atoms with E-state index in [4.69, 9.17) is 21.1 Å². The van der Waals surface area contributed by atoms with Gasteiger partial charge in [-0.1, -0.05) is 35.9 Å². The maximum Gasteiger partial charge on any atom is 0.139 e. The second-order valence-corrected chi connectivity index (χ2v) is 7.10. The van der Waals surface area contributed by atoms with Crippen molar-refractivity contribution in [3.8, 4) is 0 Å². The quantitative estimate of drug-likeness (QED) is 0.786. The van der Waals surface area contributed by atoms with Gasteiger partial charge in [-0.05, 0) is 30.7 Å². The van der Waals surface area contributed by atoms with Crippen molar-refractivity contribution in [2.45, 2.75) is 25.4 Å². The Morgan fingerprint density at radius 1 is 1.21 bits per heavy atom. The van der Waals surface area contributed by atoms with E-state index in [0.717, 1.165) is 68.8 Å². The number of piperidine rings is 1. The molecule has 0 N–H and O–H groups in total. The molecular formula is C19H23ClN2O2. The summed E-state index contributed by atoms with van der Waals surface area (Å²) in [5, 5.41) is 2.75. The lowest BCUT2D eigenvalue weighted by atomic mass is 10.1. The van der Waals surface area contributed by atoms with Crippen molar-refractivity contribution in [2.75, 3.05) is 37.8 Å². The van der Waals surface area contributed by atoms with Crippen LogP contribution in [0.3, 0.4) is 0 Å². The lowest BCUT2D eigenvalue weighted by molar-refractivity contribution is 0.0131. The van der Waals surface area contributed by atoms with Crippen LogP contribution in [0.5, 0.6) is 0 Å². The molecular weight excluding hydrogens is 324 g/mol. The Hall–Kier alpha value is -1.36. The Labute approximate surface area is 147 Å². The Morgan fingerprint density at radius 3 is 2.83 bits per heavy atom. The van der Waals surface area contributed by atoms with E-state index in [1.54, 1.807) is 0 Å². The van der Waals surface area contributed by atoms with Crippen LogP contribution in [0, 0.1) is 5.92 Å². The molecule has 2 aliphatic rings. The molecule has 1 atom stereocenters. The van der Waals surface area contributed by atoms with Crippen molar-refractivity contribution in [2.24, 2.45) is 5.92 Å². The average molecular weight is 347 g/mol. The molecule has 1 aromatic carbocycles. The molecule has 5 heteroatoms. The molecule has 4 rings (SSSR count). The number of hydrogen-bond acceptors (Lipinski definition) is 4. The van der Waals surface area contributed by atoms with Gasteiger partial charge in [0.05, 0.1) is 19.3 Å². The monoisotopic (exact) mass is 346 g/mol. The Bertz CT molecular complexity index is 695. The summed E-state index contributed by atoms with van der Waals surface area (Å²) in [5.41, 5.74) is 0. The van der Waals surface area contributed by atoms with Gasteiger partial charge in [0, 0.05) is 31.0 Å². The molecule has 1 unspecified atom stereocenters. The standard InChI is InChI=1S/C19H23ClN2O2/c20-19-17-4-2-1-3-15(17)11-18(21-19)22-8-5-16(6-9-22)24-13-14-7-10-23-12-14/h1-4,11,14,16H,5-10,12-13H2. The Kier molecular flexibility index (Phi) is 4.88. The third kappa shape index (κ3) is 3.51. The van der Waals surface area contributed by atoms with Gasteiger partial charge in [0.2, 0.25) is 0 Å². The molecule has 2 fully saturated rings. The summed E-state index contributed by atoms with van der Waals surface area (Å²) in [6.45, 7) is 4.52. The molecule has 2 aromatic rings. The van der Waals surface area contributed by atoms with Gasteiger partial charge in [-0.25, -0.2) is 4.98 Å². The topological polar surface area (TPSA) is 34.6 Å². The minimum atomic E-state index is 0.359. The van der Waals surface area contributed by atoms with Crippen molar-refractivity contribution in [1.82, 2.24) is 4.98 Å². The third-order valence-corrected chi connectivity index (χ3v) is 5.33. The maximum absolute atomic E-state index is 6.36. The van der Waals surface area contributed by atoms with E-state index >= 15 is 0 Å². The van der Waals surface area contributed by atoms with E-state index in [-0.39, 0.29) is 0 Å². The Morgan fingerprint density at radius 2 is 2.04 bits per heavy atom. The predicted octanol–water partition coefficient (Wildman–Crippen LogP) is 3.91. The van der Waals surface area contributed by atoms with Gasteiger partial charge in [-0.2, -0.15) is 0 Å². The molecule has 24 heavy (non-hydrogen) atoms. The molecule has 0 spiro atoms. The van der Waals surface area contributed by atoms with Gasteiger partial charge in [-0.15, -0.1) is 0 Å².